The number of rotatable bonds is 2. The number of hydrogen-bond acceptors (Lipinski definition) is 4. The van der Waals surface area contributed by atoms with Gasteiger partial charge in [0.1, 0.15) is 12.3 Å². The van der Waals surface area contributed by atoms with E-state index in [2.05, 4.69) is 15.4 Å². The molecular formula is C12H11F3N4O. The first-order valence-corrected chi connectivity index (χ1v) is 5.89. The molecule has 0 radical (unpaired) electrons. The highest BCUT2D eigenvalue weighted by Crippen LogP contribution is 2.36. The lowest BCUT2D eigenvalue weighted by Gasteiger charge is -2.11. The summed E-state index contributed by atoms with van der Waals surface area (Å²) < 4.78 is 44.5. The van der Waals surface area contributed by atoms with E-state index >= 15 is 0 Å². The van der Waals surface area contributed by atoms with Crippen molar-refractivity contribution in [1.29, 1.82) is 0 Å². The van der Waals surface area contributed by atoms with Gasteiger partial charge in [0.2, 0.25) is 5.88 Å². The van der Waals surface area contributed by atoms with Crippen molar-refractivity contribution in [1.82, 2.24) is 14.8 Å². The standard InChI is InChI=1S/C12H11F3N4O/c1-19-5-7(4-16-19)17-9-6-20-11-8(9)2-3-10(18-11)12(13,14)15/h2-5,9,17H,6H2,1H3. The summed E-state index contributed by atoms with van der Waals surface area (Å²) >= 11 is 0. The van der Waals surface area contributed by atoms with Crippen molar-refractivity contribution in [3.8, 4) is 5.88 Å². The number of aromatic nitrogens is 3. The molecule has 1 aliphatic heterocycles. The van der Waals surface area contributed by atoms with Crippen LogP contribution in [0.3, 0.4) is 0 Å². The van der Waals surface area contributed by atoms with Gasteiger partial charge >= 0.3 is 6.18 Å². The minimum absolute atomic E-state index is 0.0289. The van der Waals surface area contributed by atoms with Crippen LogP contribution in [0.15, 0.2) is 24.5 Å². The number of ether oxygens (including phenoxy) is 1. The van der Waals surface area contributed by atoms with Crippen LogP contribution in [0.4, 0.5) is 18.9 Å². The minimum atomic E-state index is -4.47. The van der Waals surface area contributed by atoms with Gasteiger partial charge in [-0.2, -0.15) is 18.3 Å². The predicted octanol–water partition coefficient (Wildman–Crippen LogP) is 2.38. The van der Waals surface area contributed by atoms with Crippen LogP contribution in [0.2, 0.25) is 0 Å². The molecule has 3 heterocycles. The molecule has 20 heavy (non-hydrogen) atoms. The molecule has 0 saturated carbocycles. The van der Waals surface area contributed by atoms with Gasteiger partial charge in [-0.15, -0.1) is 0 Å². The summed E-state index contributed by atoms with van der Waals surface area (Å²) in [5.74, 6) is 0.0289. The van der Waals surface area contributed by atoms with E-state index in [0.717, 1.165) is 11.8 Å². The third kappa shape index (κ3) is 2.28. The number of nitrogens with zero attached hydrogens (tertiary/aromatic N) is 3. The van der Waals surface area contributed by atoms with Crippen molar-refractivity contribution in [2.45, 2.75) is 12.2 Å². The summed E-state index contributed by atoms with van der Waals surface area (Å²) in [7, 11) is 1.78. The molecule has 0 saturated heterocycles. The lowest BCUT2D eigenvalue weighted by molar-refractivity contribution is -0.141. The van der Waals surface area contributed by atoms with E-state index in [0.29, 0.717) is 5.56 Å². The number of halogens is 3. The van der Waals surface area contributed by atoms with Crippen molar-refractivity contribution >= 4 is 5.69 Å². The van der Waals surface area contributed by atoms with E-state index in [1.807, 2.05) is 0 Å². The third-order valence-corrected chi connectivity index (χ3v) is 2.99. The largest absolute Gasteiger partial charge is 0.475 e. The zero-order chi connectivity index (χ0) is 14.3. The summed E-state index contributed by atoms with van der Waals surface area (Å²) in [5, 5.41) is 7.16. The molecule has 1 atom stereocenters. The lowest BCUT2D eigenvalue weighted by Crippen LogP contribution is -2.11. The van der Waals surface area contributed by atoms with Gasteiger partial charge in [-0.25, -0.2) is 4.98 Å². The van der Waals surface area contributed by atoms with E-state index in [9.17, 15) is 13.2 Å². The topological polar surface area (TPSA) is 52.0 Å². The van der Waals surface area contributed by atoms with Crippen molar-refractivity contribution in [2.24, 2.45) is 7.05 Å². The Labute approximate surface area is 112 Å². The second-order valence-corrected chi connectivity index (χ2v) is 4.50. The maximum Gasteiger partial charge on any atom is 0.433 e. The molecule has 8 heteroatoms. The summed E-state index contributed by atoms with van der Waals surface area (Å²) in [4.78, 5) is 3.51. The molecule has 5 nitrogen and oxygen atoms in total. The zero-order valence-electron chi connectivity index (χ0n) is 10.5. The second-order valence-electron chi connectivity index (χ2n) is 4.50. The molecule has 0 bridgehead atoms. The number of pyridine rings is 1. The predicted molar refractivity (Wildman–Crippen MR) is 64.3 cm³/mol. The van der Waals surface area contributed by atoms with E-state index in [1.54, 1.807) is 24.1 Å². The maximum absolute atomic E-state index is 12.6. The lowest BCUT2D eigenvalue weighted by atomic mass is 10.1. The first-order chi connectivity index (χ1) is 9.43. The van der Waals surface area contributed by atoms with Crippen molar-refractivity contribution in [2.75, 3.05) is 11.9 Å². The zero-order valence-corrected chi connectivity index (χ0v) is 10.5. The normalized spacial score (nSPS) is 17.7. The fourth-order valence-corrected chi connectivity index (χ4v) is 2.06. The van der Waals surface area contributed by atoms with Gasteiger partial charge in [0.15, 0.2) is 0 Å². The first kappa shape index (κ1) is 12.8. The van der Waals surface area contributed by atoms with Crippen molar-refractivity contribution in [3.05, 3.63) is 35.8 Å². The fraction of sp³-hybridized carbons (Fsp3) is 0.333. The molecule has 1 N–H and O–H groups in total. The second kappa shape index (κ2) is 4.39. The Bertz CT molecular complexity index is 638. The van der Waals surface area contributed by atoms with Crippen molar-refractivity contribution < 1.29 is 17.9 Å². The highest BCUT2D eigenvalue weighted by molar-refractivity contribution is 5.46. The molecule has 2 aromatic heterocycles. The number of aryl methyl sites for hydroxylation is 1. The summed E-state index contributed by atoms with van der Waals surface area (Å²) in [6.07, 6.45) is -1.06. The molecule has 0 fully saturated rings. The average Bonchev–Trinajstić information content (AvgIpc) is 2.95. The highest BCUT2D eigenvalue weighted by Gasteiger charge is 2.35. The quantitative estimate of drug-likeness (QED) is 0.920. The molecule has 0 amide bonds. The van der Waals surface area contributed by atoms with E-state index in [-0.39, 0.29) is 18.5 Å². The maximum atomic E-state index is 12.6. The Morgan fingerprint density at radius 3 is 2.85 bits per heavy atom. The molecule has 0 aliphatic carbocycles. The van der Waals surface area contributed by atoms with E-state index in [1.165, 1.54) is 6.07 Å². The Balaban J connectivity index is 1.84. The molecule has 0 aromatic carbocycles. The Morgan fingerprint density at radius 2 is 2.20 bits per heavy atom. The molecule has 1 aliphatic rings. The monoisotopic (exact) mass is 284 g/mol. The molecular weight excluding hydrogens is 273 g/mol. The molecule has 1 unspecified atom stereocenters. The summed E-state index contributed by atoms with van der Waals surface area (Å²) in [6, 6.07) is 2.13. The average molecular weight is 284 g/mol. The van der Waals surface area contributed by atoms with Crippen LogP contribution < -0.4 is 10.1 Å². The van der Waals surface area contributed by atoms with Gasteiger partial charge in [-0.05, 0) is 12.1 Å². The fourth-order valence-electron chi connectivity index (χ4n) is 2.06. The van der Waals surface area contributed by atoms with Crippen LogP contribution in [0, 0.1) is 0 Å². The van der Waals surface area contributed by atoms with Crippen LogP contribution in [0.25, 0.3) is 0 Å². The first-order valence-electron chi connectivity index (χ1n) is 5.89. The Morgan fingerprint density at radius 1 is 1.40 bits per heavy atom. The number of anilines is 1. The molecule has 3 rings (SSSR count). The van der Waals surface area contributed by atoms with Gasteiger partial charge < -0.3 is 10.1 Å². The van der Waals surface area contributed by atoms with Crippen LogP contribution in [-0.2, 0) is 13.2 Å². The van der Waals surface area contributed by atoms with Gasteiger partial charge in [0, 0.05) is 18.8 Å². The van der Waals surface area contributed by atoms with E-state index < -0.39 is 11.9 Å². The Kier molecular flexibility index (Phi) is 2.81. The van der Waals surface area contributed by atoms with E-state index in [4.69, 9.17) is 4.74 Å². The van der Waals surface area contributed by atoms with Crippen LogP contribution >= 0.6 is 0 Å². The molecule has 0 spiro atoms. The number of hydrogen-bond donors (Lipinski definition) is 1. The van der Waals surface area contributed by atoms with Crippen LogP contribution in [-0.4, -0.2) is 21.4 Å². The smallest absolute Gasteiger partial charge is 0.433 e. The number of nitrogens with one attached hydrogen (secondary N) is 1. The van der Waals surface area contributed by atoms with Crippen LogP contribution in [0.5, 0.6) is 5.88 Å². The highest BCUT2D eigenvalue weighted by atomic mass is 19.4. The number of alkyl halides is 3. The van der Waals surface area contributed by atoms with Gasteiger partial charge in [-0.3, -0.25) is 4.68 Å². The minimum Gasteiger partial charge on any atom is -0.475 e. The van der Waals surface area contributed by atoms with Gasteiger partial charge in [0.05, 0.1) is 17.9 Å². The van der Waals surface area contributed by atoms with Gasteiger partial charge in [-0.1, -0.05) is 0 Å². The molecule has 106 valence electrons. The molecule has 2 aromatic rings. The third-order valence-electron chi connectivity index (χ3n) is 2.99. The summed E-state index contributed by atoms with van der Waals surface area (Å²) in [6.45, 7) is 0.235. The SMILES string of the molecule is Cn1cc(NC2COc3nc(C(F)(F)F)ccc32)cn1. The Hall–Kier alpha value is -2.25. The van der Waals surface area contributed by atoms with Gasteiger partial charge in [0.25, 0.3) is 0 Å². The number of fused-ring (bicyclic) bond motifs is 1. The van der Waals surface area contributed by atoms with Crippen LogP contribution in [0.1, 0.15) is 17.3 Å². The van der Waals surface area contributed by atoms with Crippen molar-refractivity contribution in [3.63, 3.8) is 0 Å². The summed E-state index contributed by atoms with van der Waals surface area (Å²) in [5.41, 5.74) is 0.439.